The first kappa shape index (κ1) is 22.6. The molecule has 1 aliphatic rings. The fourth-order valence-electron chi connectivity index (χ4n) is 3.25. The minimum absolute atomic E-state index is 0.0904. The van der Waals surface area contributed by atoms with Crippen LogP contribution in [0, 0.1) is 0 Å². The number of carbonyl (C=O) groups is 1. The maximum atomic E-state index is 12.7. The van der Waals surface area contributed by atoms with E-state index in [4.69, 9.17) is 14.2 Å². The zero-order valence-corrected chi connectivity index (χ0v) is 18.4. The molecule has 1 aliphatic heterocycles. The fourth-order valence-corrected chi connectivity index (χ4v) is 4.82. The molecule has 1 amide bonds. The fraction of sp³-hybridized carbons (Fsp3) is 0.333. The standard InChI is InChI=1S/C21H25N3O6S/c1-28-18-13-20(30-3)19(29-2)12-16(18)14-22-23-21(25)15-7-6-8-17(11-15)31(26,27)24-9-4-5-10-24/h6-8,11-14H,4-5,9-10H2,1-3H3,(H,23,25). The van der Waals surface area contributed by atoms with Crippen molar-refractivity contribution < 1.29 is 27.4 Å². The van der Waals surface area contributed by atoms with Gasteiger partial charge in [0.15, 0.2) is 11.5 Å². The lowest BCUT2D eigenvalue weighted by molar-refractivity contribution is 0.0955. The van der Waals surface area contributed by atoms with E-state index in [0.29, 0.717) is 35.9 Å². The van der Waals surface area contributed by atoms with Gasteiger partial charge < -0.3 is 14.2 Å². The Balaban J connectivity index is 1.76. The van der Waals surface area contributed by atoms with E-state index in [0.717, 1.165) is 12.8 Å². The molecule has 2 aromatic carbocycles. The second kappa shape index (κ2) is 9.80. The number of sulfonamides is 1. The minimum atomic E-state index is -3.61. The summed E-state index contributed by atoms with van der Waals surface area (Å²) >= 11 is 0. The van der Waals surface area contributed by atoms with Crippen LogP contribution in [0.5, 0.6) is 17.2 Å². The molecule has 0 bridgehead atoms. The van der Waals surface area contributed by atoms with E-state index in [1.165, 1.54) is 50.0 Å². The number of carbonyl (C=O) groups excluding carboxylic acids is 1. The number of rotatable bonds is 8. The zero-order chi connectivity index (χ0) is 22.4. The van der Waals surface area contributed by atoms with Crippen molar-refractivity contribution in [2.45, 2.75) is 17.7 Å². The Hall–Kier alpha value is -3.11. The smallest absolute Gasteiger partial charge is 0.271 e. The average Bonchev–Trinajstić information content (AvgIpc) is 3.34. The number of nitrogens with one attached hydrogen (secondary N) is 1. The van der Waals surface area contributed by atoms with E-state index >= 15 is 0 Å². The van der Waals surface area contributed by atoms with E-state index < -0.39 is 15.9 Å². The molecular formula is C21H25N3O6S. The van der Waals surface area contributed by atoms with Crippen LogP contribution in [0.25, 0.3) is 0 Å². The number of hydrogen-bond acceptors (Lipinski definition) is 7. The Morgan fingerprint density at radius 1 is 1.00 bits per heavy atom. The van der Waals surface area contributed by atoms with Crippen molar-refractivity contribution in [2.24, 2.45) is 5.10 Å². The van der Waals surface area contributed by atoms with Gasteiger partial charge in [-0.25, -0.2) is 13.8 Å². The monoisotopic (exact) mass is 447 g/mol. The van der Waals surface area contributed by atoms with Crippen molar-refractivity contribution in [3.05, 3.63) is 47.5 Å². The predicted molar refractivity (Wildman–Crippen MR) is 116 cm³/mol. The van der Waals surface area contributed by atoms with Crippen LogP contribution in [0.3, 0.4) is 0 Å². The lowest BCUT2D eigenvalue weighted by Gasteiger charge is -2.15. The molecule has 1 heterocycles. The zero-order valence-electron chi connectivity index (χ0n) is 17.6. The van der Waals surface area contributed by atoms with Crippen molar-refractivity contribution in [1.29, 1.82) is 0 Å². The molecule has 0 aliphatic carbocycles. The summed E-state index contributed by atoms with van der Waals surface area (Å²) in [5.74, 6) is 0.927. The van der Waals surface area contributed by atoms with Crippen molar-refractivity contribution in [3.8, 4) is 17.2 Å². The molecule has 10 heteroatoms. The van der Waals surface area contributed by atoms with Gasteiger partial charge in [0.1, 0.15) is 5.75 Å². The maximum Gasteiger partial charge on any atom is 0.271 e. The maximum absolute atomic E-state index is 12.7. The molecule has 0 atom stereocenters. The van der Waals surface area contributed by atoms with Crippen LogP contribution in [-0.2, 0) is 10.0 Å². The van der Waals surface area contributed by atoms with Gasteiger partial charge in [-0.1, -0.05) is 6.07 Å². The molecule has 1 N–H and O–H groups in total. The van der Waals surface area contributed by atoms with Gasteiger partial charge in [0.2, 0.25) is 10.0 Å². The average molecular weight is 448 g/mol. The molecule has 3 rings (SSSR count). The van der Waals surface area contributed by atoms with E-state index in [9.17, 15) is 13.2 Å². The van der Waals surface area contributed by atoms with Crippen LogP contribution in [0.15, 0.2) is 46.4 Å². The van der Waals surface area contributed by atoms with Gasteiger partial charge in [-0.05, 0) is 37.1 Å². The minimum Gasteiger partial charge on any atom is -0.496 e. The highest BCUT2D eigenvalue weighted by Crippen LogP contribution is 2.33. The molecule has 1 fully saturated rings. The first-order valence-corrected chi connectivity index (χ1v) is 11.1. The summed E-state index contributed by atoms with van der Waals surface area (Å²) in [6, 6.07) is 9.23. The molecule has 0 aromatic heterocycles. The summed E-state index contributed by atoms with van der Waals surface area (Å²) in [5, 5.41) is 3.97. The second-order valence-corrected chi connectivity index (χ2v) is 8.73. The Bertz CT molecular complexity index is 1080. The van der Waals surface area contributed by atoms with E-state index in [1.807, 2.05) is 0 Å². The summed E-state index contributed by atoms with van der Waals surface area (Å²) in [6.07, 6.45) is 3.09. The van der Waals surface area contributed by atoms with E-state index in [-0.39, 0.29) is 10.5 Å². The number of methoxy groups -OCH3 is 3. The number of nitrogens with zero attached hydrogens (tertiary/aromatic N) is 2. The molecule has 0 radical (unpaired) electrons. The van der Waals surface area contributed by atoms with Crippen LogP contribution in [0.1, 0.15) is 28.8 Å². The van der Waals surface area contributed by atoms with Crippen molar-refractivity contribution in [3.63, 3.8) is 0 Å². The topological polar surface area (TPSA) is 107 Å². The molecule has 0 unspecified atom stereocenters. The van der Waals surface area contributed by atoms with E-state index in [1.54, 1.807) is 18.2 Å². The molecule has 0 spiro atoms. The molecule has 2 aromatic rings. The number of ether oxygens (including phenoxy) is 3. The van der Waals surface area contributed by atoms with Gasteiger partial charge in [-0.15, -0.1) is 0 Å². The third-order valence-electron chi connectivity index (χ3n) is 4.90. The first-order valence-electron chi connectivity index (χ1n) is 9.64. The van der Waals surface area contributed by atoms with Gasteiger partial charge in [-0.3, -0.25) is 4.79 Å². The third kappa shape index (κ3) is 4.97. The van der Waals surface area contributed by atoms with Crippen LogP contribution in [-0.4, -0.2) is 59.3 Å². The van der Waals surface area contributed by atoms with Crippen LogP contribution in [0.4, 0.5) is 0 Å². The number of hydrazone groups is 1. The number of amides is 1. The highest BCUT2D eigenvalue weighted by Gasteiger charge is 2.27. The molecule has 31 heavy (non-hydrogen) atoms. The molecule has 1 saturated heterocycles. The first-order chi connectivity index (χ1) is 14.9. The summed E-state index contributed by atoms with van der Waals surface area (Å²) in [4.78, 5) is 12.6. The van der Waals surface area contributed by atoms with Crippen LogP contribution >= 0.6 is 0 Å². The Morgan fingerprint density at radius 2 is 1.65 bits per heavy atom. The second-order valence-electron chi connectivity index (χ2n) is 6.79. The largest absolute Gasteiger partial charge is 0.496 e. The summed E-state index contributed by atoms with van der Waals surface area (Å²) < 4.78 is 42.7. The molecule has 166 valence electrons. The Kier molecular flexibility index (Phi) is 7.13. The quantitative estimate of drug-likeness (QED) is 0.491. The lowest BCUT2D eigenvalue weighted by atomic mass is 10.2. The van der Waals surface area contributed by atoms with Gasteiger partial charge in [-0.2, -0.15) is 9.41 Å². The van der Waals surface area contributed by atoms with Crippen LogP contribution in [0.2, 0.25) is 0 Å². The summed E-state index contributed by atoms with van der Waals surface area (Å²) in [6.45, 7) is 0.992. The lowest BCUT2D eigenvalue weighted by Crippen LogP contribution is -2.28. The molecular weight excluding hydrogens is 422 g/mol. The highest BCUT2D eigenvalue weighted by atomic mass is 32.2. The Morgan fingerprint density at radius 3 is 2.29 bits per heavy atom. The van der Waals surface area contributed by atoms with Gasteiger partial charge in [0.25, 0.3) is 5.91 Å². The van der Waals surface area contributed by atoms with Crippen molar-refractivity contribution >= 4 is 22.1 Å². The normalized spacial score (nSPS) is 14.5. The highest BCUT2D eigenvalue weighted by molar-refractivity contribution is 7.89. The van der Waals surface area contributed by atoms with Crippen molar-refractivity contribution in [1.82, 2.24) is 9.73 Å². The molecule has 0 saturated carbocycles. The van der Waals surface area contributed by atoms with Gasteiger partial charge in [0.05, 0.1) is 32.4 Å². The van der Waals surface area contributed by atoms with Crippen LogP contribution < -0.4 is 19.6 Å². The predicted octanol–water partition coefficient (Wildman–Crippen LogP) is 2.26. The van der Waals surface area contributed by atoms with E-state index in [2.05, 4.69) is 10.5 Å². The van der Waals surface area contributed by atoms with Crippen molar-refractivity contribution in [2.75, 3.05) is 34.4 Å². The Labute approximate surface area is 181 Å². The third-order valence-corrected chi connectivity index (χ3v) is 6.80. The van der Waals surface area contributed by atoms with Gasteiger partial charge >= 0.3 is 0 Å². The van der Waals surface area contributed by atoms with Gasteiger partial charge in [0, 0.05) is 30.3 Å². The summed E-state index contributed by atoms with van der Waals surface area (Å²) in [5.41, 5.74) is 3.16. The molecule has 9 nitrogen and oxygen atoms in total. The number of benzene rings is 2. The SMILES string of the molecule is COc1cc(OC)c(OC)cc1C=NNC(=O)c1cccc(S(=O)(=O)N2CCCC2)c1. The number of hydrogen-bond donors (Lipinski definition) is 1. The summed E-state index contributed by atoms with van der Waals surface area (Å²) in [7, 11) is 0.922.